The molecule has 23 heavy (non-hydrogen) atoms. The van der Waals surface area contributed by atoms with Gasteiger partial charge in [-0.1, -0.05) is 29.3 Å². The number of rotatable bonds is 2. The molecular weight excluding hydrogens is 369 g/mol. The van der Waals surface area contributed by atoms with Crippen molar-refractivity contribution >= 4 is 45.3 Å². The zero-order valence-corrected chi connectivity index (χ0v) is 15.2. The molecule has 0 aliphatic heterocycles. The van der Waals surface area contributed by atoms with Gasteiger partial charge in [0.15, 0.2) is 10.4 Å². The van der Waals surface area contributed by atoms with Crippen molar-refractivity contribution in [1.82, 2.24) is 0 Å². The molecule has 0 fully saturated rings. The van der Waals surface area contributed by atoms with Gasteiger partial charge in [-0.05, 0) is 32.9 Å². The molecule has 1 aromatic carbocycles. The molecule has 1 rings (SSSR count). The van der Waals surface area contributed by atoms with E-state index in [1.807, 2.05) is 0 Å². The number of nitrogens with zero attached hydrogens (tertiary/aromatic N) is 1. The number of halogens is 2. The fourth-order valence-electron chi connectivity index (χ4n) is 2.01. The van der Waals surface area contributed by atoms with Crippen LogP contribution in [0.2, 0.25) is 10.0 Å². The highest BCUT2D eigenvalue weighted by Crippen LogP contribution is 2.40. The van der Waals surface area contributed by atoms with E-state index < -0.39 is 36.6 Å². The lowest BCUT2D eigenvalue weighted by atomic mass is 10.1. The number of carbonyl (C=O) groups is 2. The van der Waals surface area contributed by atoms with Crippen LogP contribution in [0.3, 0.4) is 0 Å². The minimum absolute atomic E-state index is 0.280. The van der Waals surface area contributed by atoms with Crippen LogP contribution in [0.25, 0.3) is 0 Å². The predicted molar refractivity (Wildman–Crippen MR) is 83.5 cm³/mol. The molecule has 0 saturated heterocycles. The summed E-state index contributed by atoms with van der Waals surface area (Å²) < 4.78 is 24.1. The maximum Gasteiger partial charge on any atom is 0.574 e. The third-order valence-corrected chi connectivity index (χ3v) is 6.17. The Balaban J connectivity index is 3.93. The van der Waals surface area contributed by atoms with Gasteiger partial charge in [-0.15, -0.1) is 0 Å². The molecular formula is C13H16Cl2NO6S+. The highest BCUT2D eigenvalue weighted by Gasteiger charge is 2.65. The van der Waals surface area contributed by atoms with Gasteiger partial charge in [-0.3, -0.25) is 0 Å². The first-order valence-corrected chi connectivity index (χ1v) is 8.50. The maximum absolute atomic E-state index is 13.1. The molecule has 1 amide bonds. The Kier molecular flexibility index (Phi) is 5.37. The van der Waals surface area contributed by atoms with Crippen molar-refractivity contribution in [3.8, 4) is 0 Å². The first kappa shape index (κ1) is 19.7. The van der Waals surface area contributed by atoms with E-state index in [1.54, 1.807) is 0 Å². The third-order valence-electron chi connectivity index (χ3n) is 2.91. The van der Waals surface area contributed by atoms with Crippen LogP contribution in [0.4, 0.5) is 4.79 Å². The van der Waals surface area contributed by atoms with Crippen LogP contribution in [0, 0.1) is 0 Å². The van der Waals surface area contributed by atoms with E-state index in [0.717, 1.165) is 6.92 Å². The summed E-state index contributed by atoms with van der Waals surface area (Å²) in [6, 6.07) is 3.89. The molecule has 0 bridgehead atoms. The number of hydrogen-bond donors (Lipinski definition) is 1. The number of hydrogen-bond acceptors (Lipinski definition) is 5. The van der Waals surface area contributed by atoms with Crippen molar-refractivity contribution in [2.45, 2.75) is 38.1 Å². The third kappa shape index (κ3) is 3.16. The Morgan fingerprint density at radius 1 is 1.17 bits per heavy atom. The van der Waals surface area contributed by atoms with E-state index in [1.165, 1.54) is 39.0 Å². The maximum atomic E-state index is 13.1. The van der Waals surface area contributed by atoms with Gasteiger partial charge in [0.2, 0.25) is 0 Å². The number of benzene rings is 1. The minimum atomic E-state index is -4.85. The molecule has 0 spiro atoms. The predicted octanol–water partition coefficient (Wildman–Crippen LogP) is 3.45. The Morgan fingerprint density at radius 3 is 1.91 bits per heavy atom. The van der Waals surface area contributed by atoms with Crippen molar-refractivity contribution in [3.63, 3.8) is 0 Å². The molecule has 0 aliphatic rings. The van der Waals surface area contributed by atoms with E-state index in [2.05, 4.69) is 0 Å². The van der Waals surface area contributed by atoms with Gasteiger partial charge in [-0.2, -0.15) is 13.2 Å². The monoisotopic (exact) mass is 384 g/mol. The molecule has 0 aliphatic carbocycles. The molecule has 0 aromatic heterocycles. The zero-order chi connectivity index (χ0) is 18.2. The van der Waals surface area contributed by atoms with Crippen molar-refractivity contribution in [3.05, 3.63) is 28.2 Å². The molecule has 10 heteroatoms. The van der Waals surface area contributed by atoms with Crippen molar-refractivity contribution in [2.75, 3.05) is 0 Å². The van der Waals surface area contributed by atoms with Gasteiger partial charge in [0, 0.05) is 6.92 Å². The Morgan fingerprint density at radius 2 is 1.61 bits per heavy atom. The van der Waals surface area contributed by atoms with Gasteiger partial charge < -0.3 is 5.11 Å². The number of hydroxylamine groups is 2. The second kappa shape index (κ2) is 6.27. The molecule has 1 aromatic rings. The van der Waals surface area contributed by atoms with Crippen LogP contribution in [-0.2, 0) is 19.7 Å². The van der Waals surface area contributed by atoms with Crippen molar-refractivity contribution in [2.24, 2.45) is 0 Å². The molecule has 1 unspecified atom stereocenters. The SMILES string of the molecule is CC(=O)O[N+](C(=O)O)(C(C)(C)C)S(=O)(=O)c1c(Cl)cccc1Cl. The Labute approximate surface area is 144 Å². The number of carbonyl (C=O) groups excluding carboxylic acids is 1. The van der Waals surface area contributed by atoms with Gasteiger partial charge in [-0.25, -0.2) is 9.63 Å². The zero-order valence-electron chi connectivity index (χ0n) is 12.8. The van der Waals surface area contributed by atoms with Crippen molar-refractivity contribution < 1.29 is 32.0 Å². The highest BCUT2D eigenvalue weighted by molar-refractivity contribution is 7.86. The normalized spacial score (nSPS) is 14.9. The average Bonchev–Trinajstić information content (AvgIpc) is 2.32. The summed E-state index contributed by atoms with van der Waals surface area (Å²) in [6.07, 6.45) is -1.90. The second-order valence-electron chi connectivity index (χ2n) is 5.61. The molecule has 128 valence electrons. The standard InChI is InChI=1S/C13H15Cl2NO6S/c1-8(17)22-16(12(18)19,13(2,3)4)23(20,21)11-9(14)6-5-7-10(11)15/h5-7H,1-4H3/p+1. The topological polar surface area (TPSA) is 97.7 Å². The molecule has 1 atom stereocenters. The Hall–Kier alpha value is -1.35. The van der Waals surface area contributed by atoms with Crippen LogP contribution < -0.4 is 0 Å². The van der Waals surface area contributed by atoms with Gasteiger partial charge in [0.25, 0.3) is 0 Å². The summed E-state index contributed by atoms with van der Waals surface area (Å²) >= 11 is 11.8. The molecule has 0 radical (unpaired) electrons. The summed E-state index contributed by atoms with van der Waals surface area (Å²) in [4.78, 5) is 27.5. The average molecular weight is 385 g/mol. The van der Waals surface area contributed by atoms with Crippen LogP contribution in [0.5, 0.6) is 0 Å². The van der Waals surface area contributed by atoms with Crippen LogP contribution in [0.15, 0.2) is 23.1 Å². The van der Waals surface area contributed by atoms with Crippen LogP contribution in [0.1, 0.15) is 27.7 Å². The lowest BCUT2D eigenvalue weighted by molar-refractivity contribution is -0.963. The summed E-state index contributed by atoms with van der Waals surface area (Å²) in [6.45, 7) is 4.80. The number of sulfonamides is 1. The highest BCUT2D eigenvalue weighted by atomic mass is 35.5. The first-order chi connectivity index (χ1) is 10.3. The number of carboxylic acid groups (broad SMARTS) is 1. The lowest BCUT2D eigenvalue weighted by Gasteiger charge is -2.37. The van der Waals surface area contributed by atoms with Crippen molar-refractivity contribution in [1.29, 1.82) is 0 Å². The van der Waals surface area contributed by atoms with Crippen LogP contribution in [-0.4, -0.2) is 35.2 Å². The van der Waals surface area contributed by atoms with E-state index >= 15 is 0 Å². The fourth-order valence-corrected chi connectivity index (χ4v) is 5.01. The number of quaternary nitrogens is 1. The second-order valence-corrected chi connectivity index (χ2v) is 8.30. The smallest absolute Gasteiger partial charge is 0.432 e. The first-order valence-electron chi connectivity index (χ1n) is 6.31. The van der Waals surface area contributed by atoms with Crippen LogP contribution >= 0.6 is 23.2 Å². The fraction of sp³-hybridized carbons (Fsp3) is 0.385. The van der Waals surface area contributed by atoms with E-state index in [0.29, 0.717) is 0 Å². The van der Waals surface area contributed by atoms with E-state index in [-0.39, 0.29) is 10.0 Å². The summed E-state index contributed by atoms with van der Waals surface area (Å²) in [5, 5.41) is 9.06. The van der Waals surface area contributed by atoms with E-state index in [4.69, 9.17) is 28.0 Å². The summed E-state index contributed by atoms with van der Waals surface area (Å²) in [7, 11) is -4.85. The van der Waals surface area contributed by atoms with Gasteiger partial charge in [0.05, 0.1) is 14.1 Å². The molecule has 0 saturated carbocycles. The van der Waals surface area contributed by atoms with E-state index in [9.17, 15) is 23.1 Å². The largest absolute Gasteiger partial charge is 0.574 e. The van der Waals surface area contributed by atoms with Gasteiger partial charge in [0.1, 0.15) is 0 Å². The Bertz CT molecular complexity index is 736. The molecule has 1 N–H and O–H groups in total. The summed E-state index contributed by atoms with van der Waals surface area (Å²) in [5.41, 5.74) is -1.57. The minimum Gasteiger partial charge on any atom is -0.432 e. The summed E-state index contributed by atoms with van der Waals surface area (Å²) in [5.74, 6) is -1.09. The van der Waals surface area contributed by atoms with Gasteiger partial charge >= 0.3 is 22.1 Å². The quantitative estimate of drug-likeness (QED) is 0.619. The molecule has 0 heterocycles. The lowest BCUT2D eigenvalue weighted by Crippen LogP contribution is -2.66. The number of amides is 1. The molecule has 7 nitrogen and oxygen atoms in total.